The second-order valence-electron chi connectivity index (χ2n) is 5.87. The number of nitrogens with zero attached hydrogens (tertiary/aromatic N) is 1. The van der Waals surface area contributed by atoms with E-state index in [1.165, 1.54) is 11.3 Å². The summed E-state index contributed by atoms with van der Waals surface area (Å²) in [5.74, 6) is -0.329. The molecule has 0 aliphatic rings. The Morgan fingerprint density at radius 3 is 2.48 bits per heavy atom. The predicted octanol–water partition coefficient (Wildman–Crippen LogP) is 3.94. The van der Waals surface area contributed by atoms with Crippen molar-refractivity contribution in [3.63, 3.8) is 0 Å². The second-order valence-corrected chi connectivity index (χ2v) is 6.90. The third-order valence-electron chi connectivity index (χ3n) is 4.01. The molecule has 0 aliphatic heterocycles. The number of para-hydroxylation sites is 1. The van der Waals surface area contributed by atoms with Crippen LogP contribution >= 0.6 is 11.3 Å². The smallest absolute Gasteiger partial charge is 0.305 e. The van der Waals surface area contributed by atoms with Crippen LogP contribution in [0, 0.1) is 6.92 Å². The van der Waals surface area contributed by atoms with Crippen LogP contribution in [0.4, 0.5) is 0 Å². The topological polar surface area (TPSA) is 84.2 Å². The molecule has 2 heterocycles. The van der Waals surface area contributed by atoms with E-state index in [0.29, 0.717) is 16.3 Å². The molecule has 2 N–H and O–H groups in total. The maximum Gasteiger partial charge on any atom is 0.305 e. The van der Waals surface area contributed by atoms with Gasteiger partial charge in [0.2, 0.25) is 0 Å². The number of rotatable bonds is 3. The van der Waals surface area contributed by atoms with Gasteiger partial charge in [0, 0.05) is 5.56 Å². The lowest BCUT2D eigenvalue weighted by atomic mass is 10.1. The van der Waals surface area contributed by atoms with Gasteiger partial charge in [-0.1, -0.05) is 30.3 Å². The zero-order valence-corrected chi connectivity index (χ0v) is 15.2. The van der Waals surface area contributed by atoms with Gasteiger partial charge in [0.05, 0.1) is 10.2 Å². The minimum atomic E-state index is -0.538. The van der Waals surface area contributed by atoms with E-state index in [9.17, 15) is 9.59 Å². The van der Waals surface area contributed by atoms with E-state index in [1.54, 1.807) is 24.3 Å². The molecular formula is C20H15N3O3S. The third-order valence-corrected chi connectivity index (χ3v) is 5.06. The SMILES string of the molecule is Cc1ccccc1C(=O)NNC(=O)c1ccc(-c2nc3ccccc3s2)o1. The maximum atomic E-state index is 12.2. The number of thiazole rings is 1. The zero-order chi connectivity index (χ0) is 18.8. The van der Waals surface area contributed by atoms with Gasteiger partial charge in [-0.2, -0.15) is 0 Å². The Morgan fingerprint density at radius 1 is 0.926 bits per heavy atom. The minimum absolute atomic E-state index is 0.0920. The molecule has 4 aromatic rings. The summed E-state index contributed by atoms with van der Waals surface area (Å²) < 4.78 is 6.65. The number of aryl methyl sites for hydroxylation is 1. The van der Waals surface area contributed by atoms with Crippen LogP contribution in [-0.4, -0.2) is 16.8 Å². The van der Waals surface area contributed by atoms with Crippen molar-refractivity contribution in [1.82, 2.24) is 15.8 Å². The molecule has 0 saturated heterocycles. The number of hydrogen-bond acceptors (Lipinski definition) is 5. The number of carbonyl (C=O) groups is 2. The molecular weight excluding hydrogens is 362 g/mol. The first-order valence-electron chi connectivity index (χ1n) is 8.24. The number of fused-ring (bicyclic) bond motifs is 1. The molecule has 0 atom stereocenters. The molecule has 0 bridgehead atoms. The summed E-state index contributed by atoms with van der Waals surface area (Å²) in [6, 6.07) is 18.1. The number of hydrogen-bond donors (Lipinski definition) is 2. The molecule has 0 fully saturated rings. The average molecular weight is 377 g/mol. The average Bonchev–Trinajstić information content (AvgIpc) is 3.33. The first kappa shape index (κ1) is 17.0. The van der Waals surface area contributed by atoms with E-state index in [0.717, 1.165) is 15.8 Å². The van der Waals surface area contributed by atoms with Crippen LogP contribution in [0.2, 0.25) is 0 Å². The lowest BCUT2D eigenvalue weighted by Crippen LogP contribution is -2.41. The molecule has 134 valence electrons. The third kappa shape index (κ3) is 3.45. The van der Waals surface area contributed by atoms with Crippen molar-refractivity contribution in [3.8, 4) is 10.8 Å². The molecule has 0 saturated carbocycles. The van der Waals surface area contributed by atoms with Crippen LogP contribution in [0.15, 0.2) is 65.1 Å². The van der Waals surface area contributed by atoms with E-state index in [2.05, 4.69) is 15.8 Å². The Labute approximate surface area is 158 Å². The minimum Gasteiger partial charge on any atom is -0.448 e. The van der Waals surface area contributed by atoms with Gasteiger partial charge in [-0.25, -0.2) is 4.98 Å². The van der Waals surface area contributed by atoms with Gasteiger partial charge < -0.3 is 4.42 Å². The fraction of sp³-hybridized carbons (Fsp3) is 0.0500. The Kier molecular flexibility index (Phi) is 4.43. The van der Waals surface area contributed by atoms with Crippen molar-refractivity contribution in [1.29, 1.82) is 0 Å². The molecule has 6 nitrogen and oxygen atoms in total. The van der Waals surface area contributed by atoms with Crippen molar-refractivity contribution in [2.75, 3.05) is 0 Å². The van der Waals surface area contributed by atoms with Crippen LogP contribution in [0.25, 0.3) is 21.0 Å². The predicted molar refractivity (Wildman–Crippen MR) is 103 cm³/mol. The Hall–Kier alpha value is -3.45. The number of aromatic nitrogens is 1. The fourth-order valence-electron chi connectivity index (χ4n) is 2.62. The molecule has 4 rings (SSSR count). The number of benzene rings is 2. The number of furan rings is 1. The summed E-state index contributed by atoms with van der Waals surface area (Å²) in [5.41, 5.74) is 6.96. The molecule has 0 aliphatic carbocycles. The second kappa shape index (κ2) is 7.05. The van der Waals surface area contributed by atoms with E-state index < -0.39 is 5.91 Å². The molecule has 27 heavy (non-hydrogen) atoms. The van der Waals surface area contributed by atoms with Crippen LogP contribution in [0.3, 0.4) is 0 Å². The summed E-state index contributed by atoms with van der Waals surface area (Å²) in [4.78, 5) is 28.9. The maximum absolute atomic E-state index is 12.2. The summed E-state index contributed by atoms with van der Waals surface area (Å²) >= 11 is 1.49. The Bertz CT molecular complexity index is 1110. The summed E-state index contributed by atoms with van der Waals surface area (Å²) in [6.07, 6.45) is 0. The first-order valence-corrected chi connectivity index (χ1v) is 9.05. The highest BCUT2D eigenvalue weighted by atomic mass is 32.1. The molecule has 0 radical (unpaired) electrons. The molecule has 0 unspecified atom stereocenters. The molecule has 2 amide bonds. The number of amides is 2. The molecule has 2 aromatic heterocycles. The highest BCUT2D eigenvalue weighted by Gasteiger charge is 2.16. The molecule has 7 heteroatoms. The lowest BCUT2D eigenvalue weighted by molar-refractivity contribution is 0.0831. The van der Waals surface area contributed by atoms with E-state index in [4.69, 9.17) is 4.42 Å². The van der Waals surface area contributed by atoms with Gasteiger partial charge in [-0.05, 0) is 42.8 Å². The van der Waals surface area contributed by atoms with Gasteiger partial charge >= 0.3 is 5.91 Å². The van der Waals surface area contributed by atoms with Crippen molar-refractivity contribution in [2.24, 2.45) is 0 Å². The largest absolute Gasteiger partial charge is 0.448 e. The summed E-state index contributed by atoms with van der Waals surface area (Å²) in [7, 11) is 0. The van der Waals surface area contributed by atoms with Gasteiger partial charge in [0.15, 0.2) is 16.5 Å². The van der Waals surface area contributed by atoms with Crippen molar-refractivity contribution >= 4 is 33.4 Å². The monoisotopic (exact) mass is 377 g/mol. The van der Waals surface area contributed by atoms with Crippen molar-refractivity contribution in [3.05, 3.63) is 77.6 Å². The Morgan fingerprint density at radius 2 is 1.67 bits per heavy atom. The molecule has 2 aromatic carbocycles. The van der Waals surface area contributed by atoms with Gasteiger partial charge in [0.25, 0.3) is 5.91 Å². The fourth-order valence-corrected chi connectivity index (χ4v) is 3.55. The van der Waals surface area contributed by atoms with E-state index in [-0.39, 0.29) is 11.7 Å². The molecule has 0 spiro atoms. The number of hydrazine groups is 1. The quantitative estimate of drug-likeness (QED) is 0.530. The van der Waals surface area contributed by atoms with E-state index >= 15 is 0 Å². The highest BCUT2D eigenvalue weighted by Crippen LogP contribution is 2.31. The summed E-state index contributed by atoms with van der Waals surface area (Å²) in [6.45, 7) is 1.83. The van der Waals surface area contributed by atoms with Crippen molar-refractivity contribution in [2.45, 2.75) is 6.92 Å². The Balaban J connectivity index is 1.46. The van der Waals surface area contributed by atoms with Crippen LogP contribution in [0.1, 0.15) is 26.5 Å². The number of carbonyl (C=O) groups excluding carboxylic acids is 2. The van der Waals surface area contributed by atoms with Gasteiger partial charge in [-0.3, -0.25) is 20.4 Å². The lowest BCUT2D eigenvalue weighted by Gasteiger charge is -2.07. The normalized spacial score (nSPS) is 10.7. The van der Waals surface area contributed by atoms with Gasteiger partial charge in [0.1, 0.15) is 0 Å². The zero-order valence-electron chi connectivity index (χ0n) is 14.4. The van der Waals surface area contributed by atoms with Crippen molar-refractivity contribution < 1.29 is 14.0 Å². The van der Waals surface area contributed by atoms with E-state index in [1.807, 2.05) is 43.3 Å². The van der Waals surface area contributed by atoms with Crippen LogP contribution < -0.4 is 10.9 Å². The summed E-state index contributed by atoms with van der Waals surface area (Å²) in [5, 5.41) is 0.694. The van der Waals surface area contributed by atoms with Crippen LogP contribution in [-0.2, 0) is 0 Å². The highest BCUT2D eigenvalue weighted by molar-refractivity contribution is 7.21. The van der Waals surface area contributed by atoms with Crippen LogP contribution in [0.5, 0.6) is 0 Å². The standard InChI is InChI=1S/C20H15N3O3S/c1-12-6-2-3-7-13(12)18(24)22-23-19(25)15-10-11-16(26-15)20-21-14-8-4-5-9-17(14)27-20/h2-11H,1H3,(H,22,24)(H,23,25). The first-order chi connectivity index (χ1) is 13.1. The number of nitrogens with one attached hydrogen (secondary N) is 2. The van der Waals surface area contributed by atoms with Gasteiger partial charge in [-0.15, -0.1) is 11.3 Å².